The van der Waals surface area contributed by atoms with Gasteiger partial charge in [0.25, 0.3) is 0 Å². The third-order valence-electron chi connectivity index (χ3n) is 6.05. The van der Waals surface area contributed by atoms with Crippen molar-refractivity contribution in [2.45, 2.75) is 52.2 Å². The van der Waals surface area contributed by atoms with Crippen LogP contribution in [-0.4, -0.2) is 32.3 Å². The van der Waals surface area contributed by atoms with Crippen LogP contribution < -0.4 is 5.69 Å². The van der Waals surface area contributed by atoms with E-state index in [1.807, 2.05) is 41.8 Å². The molecule has 1 aliphatic heterocycles. The van der Waals surface area contributed by atoms with E-state index in [0.29, 0.717) is 19.0 Å². The Balaban J connectivity index is 1.46. The Morgan fingerprint density at radius 2 is 1.66 bits per heavy atom. The van der Waals surface area contributed by atoms with Gasteiger partial charge in [0.2, 0.25) is 0 Å². The zero-order valence-electron chi connectivity index (χ0n) is 17.4. The SMILES string of the molecule is CCn1c(C2CCN(Cc3ccccc3C)CC2)nn(Cc2ccccc2)c1=O. The lowest BCUT2D eigenvalue weighted by atomic mass is 9.95. The molecule has 0 atom stereocenters. The summed E-state index contributed by atoms with van der Waals surface area (Å²) >= 11 is 0. The third kappa shape index (κ3) is 4.35. The average Bonchev–Trinajstić information content (AvgIpc) is 3.06. The molecule has 0 N–H and O–H groups in total. The molecule has 0 amide bonds. The minimum absolute atomic E-state index is 0.00805. The Kier molecular flexibility index (Phi) is 5.95. The topological polar surface area (TPSA) is 43.1 Å². The largest absolute Gasteiger partial charge is 0.346 e. The minimum atomic E-state index is 0.00805. The number of hydrogen-bond acceptors (Lipinski definition) is 3. The van der Waals surface area contributed by atoms with E-state index in [1.165, 1.54) is 11.1 Å². The molecule has 0 unspecified atom stereocenters. The van der Waals surface area contributed by atoms with Crippen molar-refractivity contribution in [3.63, 3.8) is 0 Å². The molecule has 152 valence electrons. The lowest BCUT2D eigenvalue weighted by molar-refractivity contribution is 0.199. The summed E-state index contributed by atoms with van der Waals surface area (Å²) in [7, 11) is 0. The minimum Gasteiger partial charge on any atom is -0.299 e. The van der Waals surface area contributed by atoms with Crippen LogP contribution in [0, 0.1) is 6.92 Å². The second-order valence-corrected chi connectivity index (χ2v) is 8.01. The summed E-state index contributed by atoms with van der Waals surface area (Å²) in [6.07, 6.45) is 2.10. The molecule has 1 fully saturated rings. The molecule has 29 heavy (non-hydrogen) atoms. The van der Waals surface area contributed by atoms with Crippen molar-refractivity contribution in [2.24, 2.45) is 0 Å². The molecule has 3 aromatic rings. The number of nitrogens with zero attached hydrogens (tertiary/aromatic N) is 4. The van der Waals surface area contributed by atoms with Gasteiger partial charge in [0.1, 0.15) is 5.82 Å². The van der Waals surface area contributed by atoms with Gasteiger partial charge in [-0.25, -0.2) is 9.48 Å². The van der Waals surface area contributed by atoms with Crippen molar-refractivity contribution in [2.75, 3.05) is 13.1 Å². The van der Waals surface area contributed by atoms with Crippen molar-refractivity contribution in [1.82, 2.24) is 19.2 Å². The number of piperidine rings is 1. The summed E-state index contributed by atoms with van der Waals surface area (Å²) in [6.45, 7) is 8.51. The van der Waals surface area contributed by atoms with Crippen molar-refractivity contribution >= 4 is 0 Å². The number of hydrogen-bond donors (Lipinski definition) is 0. The molecule has 1 aliphatic rings. The first-order chi connectivity index (χ1) is 14.2. The first-order valence-electron chi connectivity index (χ1n) is 10.6. The summed E-state index contributed by atoms with van der Waals surface area (Å²) in [5.74, 6) is 1.32. The fraction of sp³-hybridized carbons (Fsp3) is 0.417. The summed E-state index contributed by atoms with van der Waals surface area (Å²) in [6, 6.07) is 18.7. The molecular formula is C24H30N4O. The average molecular weight is 391 g/mol. The van der Waals surface area contributed by atoms with Gasteiger partial charge in [0.05, 0.1) is 6.54 Å². The van der Waals surface area contributed by atoms with Crippen molar-refractivity contribution in [3.05, 3.63) is 87.6 Å². The number of aryl methyl sites for hydroxylation is 1. The molecule has 0 saturated carbocycles. The third-order valence-corrected chi connectivity index (χ3v) is 6.05. The Bertz CT molecular complexity index is 997. The summed E-state index contributed by atoms with van der Waals surface area (Å²) in [4.78, 5) is 15.4. The molecule has 0 radical (unpaired) electrons. The van der Waals surface area contributed by atoms with Crippen LogP contribution in [-0.2, 0) is 19.6 Å². The van der Waals surface area contributed by atoms with Crippen molar-refractivity contribution < 1.29 is 0 Å². The Labute approximate surface area is 172 Å². The van der Waals surface area contributed by atoms with E-state index in [1.54, 1.807) is 4.68 Å². The van der Waals surface area contributed by atoms with Crippen LogP contribution in [0.3, 0.4) is 0 Å². The quantitative estimate of drug-likeness (QED) is 0.643. The highest BCUT2D eigenvalue weighted by Crippen LogP contribution is 2.27. The van der Waals surface area contributed by atoms with E-state index in [4.69, 9.17) is 5.10 Å². The number of benzene rings is 2. The Hall–Kier alpha value is -2.66. The molecule has 2 aromatic carbocycles. The van der Waals surface area contributed by atoms with Gasteiger partial charge in [-0.15, -0.1) is 0 Å². The van der Waals surface area contributed by atoms with Crippen molar-refractivity contribution in [1.29, 1.82) is 0 Å². The van der Waals surface area contributed by atoms with E-state index in [9.17, 15) is 4.79 Å². The predicted octanol–water partition coefficient (Wildman–Crippen LogP) is 3.80. The molecular weight excluding hydrogens is 360 g/mol. The van der Waals surface area contributed by atoms with E-state index >= 15 is 0 Å². The van der Waals surface area contributed by atoms with Crippen LogP contribution >= 0.6 is 0 Å². The number of rotatable bonds is 6. The molecule has 0 spiro atoms. The van der Waals surface area contributed by atoms with Gasteiger partial charge in [0.15, 0.2) is 0 Å². The standard InChI is InChI=1S/C24H30N4O/c1-3-27-23(25-28(24(27)29)17-20-10-5-4-6-11-20)21-13-15-26(16-14-21)18-22-12-8-7-9-19(22)2/h4-12,21H,3,13-18H2,1-2H3. The summed E-state index contributed by atoms with van der Waals surface area (Å²) < 4.78 is 3.50. The van der Waals surface area contributed by atoms with Gasteiger partial charge in [-0.3, -0.25) is 9.47 Å². The second-order valence-electron chi connectivity index (χ2n) is 8.01. The van der Waals surface area contributed by atoms with E-state index in [2.05, 4.69) is 36.1 Å². The van der Waals surface area contributed by atoms with Crippen LogP contribution in [0.15, 0.2) is 59.4 Å². The van der Waals surface area contributed by atoms with Crippen LogP contribution in [0.25, 0.3) is 0 Å². The van der Waals surface area contributed by atoms with Gasteiger partial charge in [-0.05, 0) is 56.5 Å². The van der Waals surface area contributed by atoms with Crippen LogP contribution in [0.5, 0.6) is 0 Å². The van der Waals surface area contributed by atoms with Gasteiger partial charge < -0.3 is 0 Å². The normalized spacial score (nSPS) is 15.7. The van der Waals surface area contributed by atoms with Gasteiger partial charge in [-0.2, -0.15) is 5.10 Å². The van der Waals surface area contributed by atoms with Gasteiger partial charge in [0, 0.05) is 19.0 Å². The maximum atomic E-state index is 12.9. The van der Waals surface area contributed by atoms with Gasteiger partial charge in [-0.1, -0.05) is 54.6 Å². The molecule has 1 aromatic heterocycles. The smallest absolute Gasteiger partial charge is 0.299 e. The van der Waals surface area contributed by atoms with Gasteiger partial charge >= 0.3 is 5.69 Å². The second kappa shape index (κ2) is 8.78. The van der Waals surface area contributed by atoms with Crippen molar-refractivity contribution in [3.8, 4) is 0 Å². The number of aromatic nitrogens is 3. The lowest BCUT2D eigenvalue weighted by Crippen LogP contribution is -2.34. The first-order valence-corrected chi connectivity index (χ1v) is 10.6. The fourth-order valence-electron chi connectivity index (χ4n) is 4.29. The van der Waals surface area contributed by atoms with Crippen LogP contribution in [0.1, 0.15) is 48.2 Å². The summed E-state index contributed by atoms with van der Waals surface area (Å²) in [5, 5.41) is 4.77. The Morgan fingerprint density at radius 1 is 0.966 bits per heavy atom. The molecule has 0 bridgehead atoms. The maximum absolute atomic E-state index is 12.9. The fourth-order valence-corrected chi connectivity index (χ4v) is 4.29. The zero-order chi connectivity index (χ0) is 20.2. The summed E-state index contributed by atoms with van der Waals surface area (Å²) in [5.41, 5.74) is 3.88. The molecule has 5 heteroatoms. The lowest BCUT2D eigenvalue weighted by Gasteiger charge is -2.31. The first kappa shape index (κ1) is 19.6. The zero-order valence-corrected chi connectivity index (χ0v) is 17.4. The van der Waals surface area contributed by atoms with Crippen LogP contribution in [0.4, 0.5) is 0 Å². The molecule has 1 saturated heterocycles. The predicted molar refractivity (Wildman–Crippen MR) is 116 cm³/mol. The maximum Gasteiger partial charge on any atom is 0.346 e. The number of likely N-dealkylation sites (tertiary alicyclic amines) is 1. The highest BCUT2D eigenvalue weighted by Gasteiger charge is 2.26. The molecule has 4 rings (SSSR count). The highest BCUT2D eigenvalue weighted by molar-refractivity contribution is 5.25. The molecule has 5 nitrogen and oxygen atoms in total. The van der Waals surface area contributed by atoms with E-state index in [-0.39, 0.29) is 5.69 Å². The monoisotopic (exact) mass is 390 g/mol. The van der Waals surface area contributed by atoms with E-state index in [0.717, 1.165) is 43.9 Å². The molecule has 0 aliphatic carbocycles. The molecule has 2 heterocycles. The van der Waals surface area contributed by atoms with E-state index < -0.39 is 0 Å². The van der Waals surface area contributed by atoms with Crippen LogP contribution in [0.2, 0.25) is 0 Å². The highest BCUT2D eigenvalue weighted by atomic mass is 16.2. The Morgan fingerprint density at radius 3 is 2.34 bits per heavy atom.